The van der Waals surface area contributed by atoms with Crippen molar-refractivity contribution in [2.45, 2.75) is 37.5 Å². The molecule has 3 aliphatic rings. The summed E-state index contributed by atoms with van der Waals surface area (Å²) in [6.45, 7) is 3.55. The van der Waals surface area contributed by atoms with Gasteiger partial charge in [-0.05, 0) is 50.9 Å². The van der Waals surface area contributed by atoms with Crippen LogP contribution >= 0.6 is 0 Å². The third-order valence-corrected chi connectivity index (χ3v) is 8.14. The fourth-order valence-corrected chi connectivity index (χ4v) is 6.15. The van der Waals surface area contributed by atoms with E-state index in [1.54, 1.807) is 50.1 Å². The highest BCUT2D eigenvalue weighted by molar-refractivity contribution is 6.32. The Bertz CT molecular complexity index is 1400. The van der Waals surface area contributed by atoms with E-state index < -0.39 is 58.4 Å². The van der Waals surface area contributed by atoms with Crippen LogP contribution in [0.25, 0.3) is 5.76 Å². The normalized spacial score (nSPS) is 25.1. The van der Waals surface area contributed by atoms with Crippen LogP contribution in [0.1, 0.15) is 29.5 Å². The number of rotatable bonds is 8. The molecule has 0 aliphatic heterocycles. The molecule has 2 amide bonds. The first-order chi connectivity index (χ1) is 19.2. The molecule has 3 aliphatic carbocycles. The van der Waals surface area contributed by atoms with Gasteiger partial charge >= 0.3 is 6.09 Å². The van der Waals surface area contributed by atoms with E-state index in [1.165, 1.54) is 6.08 Å². The van der Waals surface area contributed by atoms with Crippen LogP contribution < -0.4 is 16.0 Å². The largest absolute Gasteiger partial charge is 0.507 e. The number of hydrogen-bond donors (Lipinski definition) is 5. The van der Waals surface area contributed by atoms with Crippen molar-refractivity contribution in [2.75, 3.05) is 39.7 Å². The van der Waals surface area contributed by atoms with E-state index in [9.17, 15) is 34.5 Å². The lowest BCUT2D eigenvalue weighted by Crippen LogP contribution is -2.65. The van der Waals surface area contributed by atoms with Crippen LogP contribution in [0.2, 0.25) is 0 Å². The Morgan fingerprint density at radius 1 is 1.22 bits per heavy atom. The number of carbonyl (C=O) groups excluding carboxylic acids is 4. The van der Waals surface area contributed by atoms with Crippen molar-refractivity contribution < 1.29 is 39.2 Å². The van der Waals surface area contributed by atoms with Gasteiger partial charge < -0.3 is 40.9 Å². The van der Waals surface area contributed by atoms with E-state index in [4.69, 9.17) is 10.5 Å². The quantitative estimate of drug-likeness (QED) is 0.131. The first-order valence-corrected chi connectivity index (χ1v) is 13.3. The maximum absolute atomic E-state index is 14.0. The average Bonchev–Trinajstić information content (AvgIpc) is 2.89. The summed E-state index contributed by atoms with van der Waals surface area (Å²) in [7, 11) is 6.97. The second kappa shape index (κ2) is 11.0. The SMILES string of the molecule is C=CCCOC(=O)NCc1cc(N(C)C)c2c(c1O)C(O)=C1C(=O)[C@]3(O)C(=O)C(C(N)=O)=C[C@@H](N(C)C)[C@@H]3C[C@@H]1C2. The number of nitrogens with zero attached hydrogens (tertiary/aromatic N) is 2. The molecule has 1 fully saturated rings. The number of fused-ring (bicyclic) bond motifs is 3. The zero-order valence-corrected chi connectivity index (χ0v) is 23.6. The number of anilines is 1. The highest BCUT2D eigenvalue weighted by atomic mass is 16.5. The fourth-order valence-electron chi connectivity index (χ4n) is 6.15. The van der Waals surface area contributed by atoms with Gasteiger partial charge in [0.1, 0.15) is 11.5 Å². The molecule has 4 rings (SSSR count). The van der Waals surface area contributed by atoms with E-state index in [0.717, 1.165) is 0 Å². The van der Waals surface area contributed by atoms with Crippen molar-refractivity contribution in [3.63, 3.8) is 0 Å². The number of nitrogens with two attached hydrogens (primary N) is 1. The number of carbonyl (C=O) groups is 4. The Kier molecular flexibility index (Phi) is 8.01. The smallest absolute Gasteiger partial charge is 0.407 e. The van der Waals surface area contributed by atoms with Crippen LogP contribution in [0.5, 0.6) is 5.75 Å². The minimum absolute atomic E-state index is 0.0206. The second-order valence-corrected chi connectivity index (χ2v) is 11.0. The van der Waals surface area contributed by atoms with Gasteiger partial charge in [-0.15, -0.1) is 6.58 Å². The second-order valence-electron chi connectivity index (χ2n) is 11.0. The predicted molar refractivity (Wildman–Crippen MR) is 150 cm³/mol. The Balaban J connectivity index is 1.81. The third-order valence-electron chi connectivity index (χ3n) is 8.14. The summed E-state index contributed by atoms with van der Waals surface area (Å²) in [4.78, 5) is 55.0. The number of benzene rings is 1. The van der Waals surface area contributed by atoms with E-state index in [1.807, 2.05) is 0 Å². The van der Waals surface area contributed by atoms with Gasteiger partial charge in [-0.2, -0.15) is 0 Å². The number of ketones is 2. The van der Waals surface area contributed by atoms with Crippen LogP contribution in [0.4, 0.5) is 10.5 Å². The molecule has 1 aromatic rings. The molecular formula is C29H36N4O8. The molecule has 0 bridgehead atoms. The summed E-state index contributed by atoms with van der Waals surface area (Å²) >= 11 is 0. The van der Waals surface area contributed by atoms with E-state index in [0.29, 0.717) is 17.7 Å². The Morgan fingerprint density at radius 2 is 1.90 bits per heavy atom. The van der Waals surface area contributed by atoms with Crippen LogP contribution in [0.3, 0.4) is 0 Å². The topological polar surface area (TPSA) is 183 Å². The molecule has 0 unspecified atom stereocenters. The monoisotopic (exact) mass is 568 g/mol. The van der Waals surface area contributed by atoms with Gasteiger partial charge in [0.25, 0.3) is 5.91 Å². The number of aliphatic hydroxyl groups excluding tert-OH is 1. The summed E-state index contributed by atoms with van der Waals surface area (Å²) in [6.07, 6.45) is 3.13. The van der Waals surface area contributed by atoms with Gasteiger partial charge in [-0.1, -0.05) is 12.2 Å². The number of alkyl carbamates (subject to hydrolysis) is 1. The molecule has 0 radical (unpaired) electrons. The van der Waals surface area contributed by atoms with Crippen molar-refractivity contribution >= 4 is 35.0 Å². The van der Waals surface area contributed by atoms with Crippen molar-refractivity contribution in [2.24, 2.45) is 17.6 Å². The minimum atomic E-state index is -2.63. The molecule has 1 saturated carbocycles. The lowest BCUT2D eigenvalue weighted by Gasteiger charge is -2.49. The van der Waals surface area contributed by atoms with Crippen LogP contribution in [-0.4, -0.2) is 90.2 Å². The predicted octanol–water partition coefficient (Wildman–Crippen LogP) is 0.947. The van der Waals surface area contributed by atoms with Gasteiger partial charge in [0.15, 0.2) is 5.60 Å². The number of hydrogen-bond acceptors (Lipinski definition) is 10. The number of phenolic OH excluding ortho intramolecular Hbond substituents is 1. The van der Waals surface area contributed by atoms with Gasteiger partial charge in [0.2, 0.25) is 11.6 Å². The van der Waals surface area contributed by atoms with Crippen LogP contribution in [0, 0.1) is 11.8 Å². The molecule has 6 N–H and O–H groups in total. The van der Waals surface area contributed by atoms with Crippen molar-refractivity contribution in [3.05, 3.63) is 52.6 Å². The lowest BCUT2D eigenvalue weighted by molar-refractivity contribution is -0.160. The molecule has 220 valence electrons. The average molecular weight is 569 g/mol. The minimum Gasteiger partial charge on any atom is -0.507 e. The van der Waals surface area contributed by atoms with Gasteiger partial charge in [-0.25, -0.2) is 4.79 Å². The lowest BCUT2D eigenvalue weighted by atomic mass is 9.57. The first kappa shape index (κ1) is 29.8. The zero-order valence-electron chi connectivity index (χ0n) is 23.6. The number of nitrogens with one attached hydrogen (secondary N) is 1. The number of phenols is 1. The standard InChI is InChI=1S/C29H36N4O8/c1-6-7-8-41-28(39)31-13-15-11-19(32(2)3)16-9-14-10-18-20(33(4)5)12-17(27(30)38)25(36)29(18,40)26(37)21(14)24(35)22(16)23(15)34/h6,11-12,14,18,20,34-35,40H,1,7-10,13H2,2-5H3,(H2,30,38)(H,31,39)/t14-,18-,20+,29+/m0/s1. The molecule has 4 atom stereocenters. The highest BCUT2D eigenvalue weighted by Crippen LogP contribution is 2.52. The van der Waals surface area contributed by atoms with Crippen molar-refractivity contribution in [3.8, 4) is 5.75 Å². The van der Waals surface area contributed by atoms with Gasteiger partial charge in [-0.3, -0.25) is 14.4 Å². The maximum atomic E-state index is 14.0. The number of amides is 2. The molecule has 12 heteroatoms. The van der Waals surface area contributed by atoms with Crippen molar-refractivity contribution in [1.29, 1.82) is 0 Å². The molecular weight excluding hydrogens is 532 g/mol. The number of aliphatic hydroxyl groups is 2. The number of likely N-dealkylation sites (N-methyl/N-ethyl adjacent to an activating group) is 1. The van der Waals surface area contributed by atoms with E-state index in [2.05, 4.69) is 11.9 Å². The molecule has 0 aromatic heterocycles. The molecule has 0 heterocycles. The number of Topliss-reactive ketones (excluding diaryl/α,β-unsaturated/α-hetero) is 2. The molecule has 12 nitrogen and oxygen atoms in total. The Hall–Kier alpha value is -4.16. The summed E-state index contributed by atoms with van der Waals surface area (Å²) in [5.74, 6) is -5.60. The summed E-state index contributed by atoms with van der Waals surface area (Å²) in [5, 5.41) is 37.0. The molecule has 0 spiro atoms. The summed E-state index contributed by atoms with van der Waals surface area (Å²) in [5.41, 5.74) is 3.58. The fraction of sp³-hybridized carbons (Fsp3) is 0.448. The Labute approximate surface area is 237 Å². The molecule has 41 heavy (non-hydrogen) atoms. The maximum Gasteiger partial charge on any atom is 0.407 e. The van der Waals surface area contributed by atoms with E-state index >= 15 is 0 Å². The van der Waals surface area contributed by atoms with Gasteiger partial charge in [0.05, 0.1) is 17.7 Å². The highest BCUT2D eigenvalue weighted by Gasteiger charge is 2.63. The summed E-state index contributed by atoms with van der Waals surface area (Å²) < 4.78 is 5.05. The number of aromatic hydroxyl groups is 1. The third kappa shape index (κ3) is 4.87. The molecule has 0 saturated heterocycles. The van der Waals surface area contributed by atoms with Crippen LogP contribution in [0.15, 0.2) is 35.9 Å². The van der Waals surface area contributed by atoms with E-state index in [-0.39, 0.29) is 48.4 Å². The molecule has 1 aromatic carbocycles. The van der Waals surface area contributed by atoms with Gasteiger partial charge in [0, 0.05) is 49.4 Å². The first-order valence-electron chi connectivity index (χ1n) is 13.3. The summed E-state index contributed by atoms with van der Waals surface area (Å²) in [6, 6.07) is 1.03. The number of ether oxygens (including phenoxy) is 1. The number of primary amides is 1. The zero-order chi connectivity index (χ0) is 30.4. The van der Waals surface area contributed by atoms with Crippen molar-refractivity contribution in [1.82, 2.24) is 10.2 Å². The Morgan fingerprint density at radius 3 is 2.49 bits per heavy atom. The van der Waals surface area contributed by atoms with Crippen LogP contribution in [-0.2, 0) is 32.1 Å².